The van der Waals surface area contributed by atoms with Crippen LogP contribution in [0.5, 0.6) is 5.75 Å². The van der Waals surface area contributed by atoms with Gasteiger partial charge in [0.05, 0.1) is 29.2 Å². The quantitative estimate of drug-likeness (QED) is 0.420. The molecule has 0 saturated heterocycles. The predicted octanol–water partition coefficient (Wildman–Crippen LogP) is 5.40. The molecule has 0 saturated carbocycles. The second kappa shape index (κ2) is 7.61. The third-order valence-corrected chi connectivity index (χ3v) is 7.93. The summed E-state index contributed by atoms with van der Waals surface area (Å²) >= 11 is 0. The maximum atomic E-state index is 13.3. The standard InChI is InChI=1S/C28H23F2N3O3/c1-32-22-13-21(25-18(27(32)35)3-2-4-24(25)36-28(29)30)33-20-12-15(6-9-19(20)31-26(22)33)14-5-8-17-16(11-14)7-10-23(17)34/h2-6,8-9,11-12,21-23,28,34H,7,10,13H2,1H3/t21-,22-,23+/m1/s1. The molecule has 0 unspecified atom stereocenters. The highest BCUT2D eigenvalue weighted by Crippen LogP contribution is 2.50. The van der Waals surface area contributed by atoms with Gasteiger partial charge in [-0.25, -0.2) is 4.98 Å². The van der Waals surface area contributed by atoms with Crippen molar-refractivity contribution < 1.29 is 23.4 Å². The van der Waals surface area contributed by atoms with Crippen LogP contribution in [0.25, 0.3) is 22.2 Å². The van der Waals surface area contributed by atoms with Crippen molar-refractivity contribution in [1.82, 2.24) is 14.5 Å². The molecule has 4 aromatic rings. The summed E-state index contributed by atoms with van der Waals surface area (Å²) in [5, 5.41) is 10.2. The highest BCUT2D eigenvalue weighted by atomic mass is 19.3. The van der Waals surface area contributed by atoms with E-state index in [1.807, 2.05) is 24.3 Å². The zero-order valence-corrected chi connectivity index (χ0v) is 19.5. The smallest absolute Gasteiger partial charge is 0.387 e. The Morgan fingerprint density at radius 3 is 2.72 bits per heavy atom. The Morgan fingerprint density at radius 1 is 1.08 bits per heavy atom. The third-order valence-electron chi connectivity index (χ3n) is 7.93. The molecule has 8 heteroatoms. The van der Waals surface area contributed by atoms with Gasteiger partial charge in [0.15, 0.2) is 0 Å². The number of imidazole rings is 1. The number of rotatable bonds is 3. The SMILES string of the molecule is CN1C(=O)c2cccc(OC(F)F)c2[C@H]2C[C@@H]1c1nc3ccc(-c4ccc5c(c4)CC[C@@H]5O)cc3n12. The van der Waals surface area contributed by atoms with E-state index in [1.165, 1.54) is 6.07 Å². The van der Waals surface area contributed by atoms with Crippen LogP contribution in [0.3, 0.4) is 0 Å². The van der Waals surface area contributed by atoms with Crippen LogP contribution < -0.4 is 4.74 Å². The van der Waals surface area contributed by atoms with Crippen LogP contribution in [0.15, 0.2) is 54.6 Å². The summed E-state index contributed by atoms with van der Waals surface area (Å²) in [5.74, 6) is 0.548. The first-order chi connectivity index (χ1) is 17.4. The van der Waals surface area contributed by atoms with Gasteiger partial charge in [-0.15, -0.1) is 0 Å². The highest BCUT2D eigenvalue weighted by molar-refractivity contribution is 5.98. The summed E-state index contributed by atoms with van der Waals surface area (Å²) in [5.41, 5.74) is 6.74. The number of carbonyl (C=O) groups excluding carboxylic acids is 1. The van der Waals surface area contributed by atoms with Crippen LogP contribution in [0.1, 0.15) is 63.9 Å². The number of hydrogen-bond acceptors (Lipinski definition) is 4. The fourth-order valence-corrected chi connectivity index (χ4v) is 6.23. The van der Waals surface area contributed by atoms with E-state index in [-0.39, 0.29) is 23.7 Å². The highest BCUT2D eigenvalue weighted by Gasteiger charge is 2.45. The largest absolute Gasteiger partial charge is 0.434 e. The van der Waals surface area contributed by atoms with Gasteiger partial charge in [-0.1, -0.05) is 30.3 Å². The third kappa shape index (κ3) is 2.97. The lowest BCUT2D eigenvalue weighted by molar-refractivity contribution is -0.0507. The van der Waals surface area contributed by atoms with Crippen molar-refractivity contribution in [2.75, 3.05) is 7.05 Å². The molecule has 2 bridgehead atoms. The molecule has 1 amide bonds. The van der Waals surface area contributed by atoms with E-state index in [0.29, 0.717) is 17.5 Å². The van der Waals surface area contributed by atoms with Crippen molar-refractivity contribution in [1.29, 1.82) is 0 Å². The number of aliphatic hydroxyl groups excluding tert-OH is 1. The van der Waals surface area contributed by atoms with Crippen molar-refractivity contribution in [3.63, 3.8) is 0 Å². The summed E-state index contributed by atoms with van der Waals surface area (Å²) in [6.45, 7) is -2.99. The zero-order chi connectivity index (χ0) is 24.7. The van der Waals surface area contributed by atoms with Crippen LogP contribution in [0, 0.1) is 0 Å². The molecule has 7 rings (SSSR count). The van der Waals surface area contributed by atoms with Crippen molar-refractivity contribution in [3.05, 3.63) is 82.7 Å². The molecule has 182 valence electrons. The van der Waals surface area contributed by atoms with Crippen LogP contribution >= 0.6 is 0 Å². The number of carbonyl (C=O) groups is 1. The molecule has 0 fully saturated rings. The molecule has 6 nitrogen and oxygen atoms in total. The van der Waals surface area contributed by atoms with Gasteiger partial charge < -0.3 is 19.3 Å². The van der Waals surface area contributed by atoms with E-state index in [4.69, 9.17) is 9.72 Å². The molecule has 1 aromatic heterocycles. The second-order valence-electron chi connectivity index (χ2n) is 9.79. The van der Waals surface area contributed by atoms with Crippen LogP contribution in [-0.2, 0) is 6.42 Å². The number of hydrogen-bond donors (Lipinski definition) is 1. The van der Waals surface area contributed by atoms with Crippen molar-refractivity contribution in [3.8, 4) is 16.9 Å². The van der Waals surface area contributed by atoms with Gasteiger partial charge in [-0.2, -0.15) is 8.78 Å². The number of nitrogens with zero attached hydrogens (tertiary/aromatic N) is 3. The van der Waals surface area contributed by atoms with E-state index >= 15 is 0 Å². The Balaban J connectivity index is 1.42. The van der Waals surface area contributed by atoms with Gasteiger partial charge in [-0.05, 0) is 59.4 Å². The van der Waals surface area contributed by atoms with Gasteiger partial charge in [0, 0.05) is 24.6 Å². The van der Waals surface area contributed by atoms with Crippen LogP contribution in [-0.4, -0.2) is 39.1 Å². The zero-order valence-electron chi connectivity index (χ0n) is 19.5. The number of aromatic nitrogens is 2. The van der Waals surface area contributed by atoms with E-state index in [1.54, 1.807) is 24.1 Å². The van der Waals surface area contributed by atoms with E-state index in [2.05, 4.69) is 16.7 Å². The number of amides is 1. The van der Waals surface area contributed by atoms with Crippen LogP contribution in [0.4, 0.5) is 8.78 Å². The summed E-state index contributed by atoms with van der Waals surface area (Å²) in [6.07, 6.45) is 1.73. The number of aryl methyl sites for hydroxylation is 1. The molecular weight excluding hydrogens is 464 g/mol. The molecule has 0 radical (unpaired) electrons. The van der Waals surface area contributed by atoms with E-state index in [9.17, 15) is 18.7 Å². The molecule has 2 aliphatic heterocycles. The number of alkyl halides is 2. The first-order valence-corrected chi connectivity index (χ1v) is 12.1. The fourth-order valence-electron chi connectivity index (χ4n) is 6.23. The van der Waals surface area contributed by atoms with Crippen molar-refractivity contribution in [2.45, 2.75) is 44.1 Å². The Labute approximate surface area is 205 Å². The summed E-state index contributed by atoms with van der Waals surface area (Å²) < 4.78 is 33.6. The Bertz CT molecular complexity index is 1560. The van der Waals surface area contributed by atoms with Crippen molar-refractivity contribution in [2.24, 2.45) is 0 Å². The Morgan fingerprint density at radius 2 is 1.89 bits per heavy atom. The number of benzene rings is 3. The fraction of sp³-hybridized carbons (Fsp3) is 0.286. The van der Waals surface area contributed by atoms with E-state index in [0.717, 1.165) is 52.0 Å². The summed E-state index contributed by atoms with van der Waals surface area (Å²) in [4.78, 5) is 19.8. The molecule has 36 heavy (non-hydrogen) atoms. The molecule has 3 heterocycles. The maximum Gasteiger partial charge on any atom is 0.387 e. The predicted molar refractivity (Wildman–Crippen MR) is 129 cm³/mol. The first-order valence-electron chi connectivity index (χ1n) is 12.1. The van der Waals surface area contributed by atoms with Crippen molar-refractivity contribution >= 4 is 16.9 Å². The maximum absolute atomic E-state index is 13.3. The molecular formula is C28H23F2N3O3. The first kappa shape index (κ1) is 21.5. The lowest BCUT2D eigenvalue weighted by atomic mass is 9.97. The molecule has 1 N–H and O–H groups in total. The summed E-state index contributed by atoms with van der Waals surface area (Å²) in [7, 11) is 1.74. The van der Waals surface area contributed by atoms with Gasteiger partial charge >= 0.3 is 6.61 Å². The molecule has 3 aliphatic rings. The normalized spacial score (nSPS) is 22.1. The van der Waals surface area contributed by atoms with Crippen LogP contribution in [0.2, 0.25) is 0 Å². The average Bonchev–Trinajstić information content (AvgIpc) is 3.52. The number of halogens is 2. The number of ether oxygens (including phenoxy) is 1. The monoisotopic (exact) mass is 487 g/mol. The minimum Gasteiger partial charge on any atom is -0.434 e. The van der Waals surface area contributed by atoms with Gasteiger partial charge in [0.1, 0.15) is 11.6 Å². The topological polar surface area (TPSA) is 67.6 Å². The van der Waals surface area contributed by atoms with Gasteiger partial charge in [0.25, 0.3) is 5.91 Å². The molecule has 1 aliphatic carbocycles. The molecule has 3 atom stereocenters. The average molecular weight is 488 g/mol. The second-order valence-corrected chi connectivity index (χ2v) is 9.79. The lowest BCUT2D eigenvalue weighted by Crippen LogP contribution is -2.30. The lowest BCUT2D eigenvalue weighted by Gasteiger charge is -2.24. The Kier molecular flexibility index (Phi) is 4.54. The molecule has 0 spiro atoms. The number of aliphatic hydroxyl groups is 1. The number of fused-ring (bicyclic) bond motifs is 10. The minimum absolute atomic E-state index is 0.0259. The summed E-state index contributed by atoms with van der Waals surface area (Å²) in [6, 6.07) is 16.3. The van der Waals surface area contributed by atoms with Gasteiger partial charge in [0.2, 0.25) is 0 Å². The minimum atomic E-state index is -2.99. The molecule has 3 aromatic carbocycles. The Hall–Kier alpha value is -3.78. The van der Waals surface area contributed by atoms with Gasteiger partial charge in [-0.3, -0.25) is 4.79 Å². The van der Waals surface area contributed by atoms with E-state index < -0.39 is 12.7 Å².